The van der Waals surface area contributed by atoms with Crippen LogP contribution >= 0.6 is 0 Å². The molecule has 0 saturated heterocycles. The van der Waals surface area contributed by atoms with Crippen molar-refractivity contribution in [2.24, 2.45) is 0 Å². The summed E-state index contributed by atoms with van der Waals surface area (Å²) in [5.41, 5.74) is 18.8. The molecule has 14 rings (SSSR count). The van der Waals surface area contributed by atoms with Gasteiger partial charge >= 0.3 is 0 Å². The van der Waals surface area contributed by atoms with E-state index in [1.54, 1.807) is 0 Å². The lowest BCUT2D eigenvalue weighted by atomic mass is 9.70. The van der Waals surface area contributed by atoms with E-state index < -0.39 is 5.41 Å². The van der Waals surface area contributed by atoms with E-state index in [9.17, 15) is 0 Å². The van der Waals surface area contributed by atoms with Crippen LogP contribution in [0.15, 0.2) is 224 Å². The van der Waals surface area contributed by atoms with Crippen LogP contribution < -0.4 is 14.4 Å². The maximum absolute atomic E-state index is 7.30. The van der Waals surface area contributed by atoms with Gasteiger partial charge in [0, 0.05) is 27.8 Å². The average Bonchev–Trinajstić information content (AvgIpc) is 3.97. The van der Waals surface area contributed by atoms with E-state index >= 15 is 0 Å². The molecule has 306 valence electrons. The molecule has 65 heavy (non-hydrogen) atoms. The van der Waals surface area contributed by atoms with Crippen molar-refractivity contribution in [1.29, 1.82) is 0 Å². The van der Waals surface area contributed by atoms with E-state index in [-0.39, 0.29) is 0 Å². The number of aromatic nitrogens is 1. The Hall–Kier alpha value is -8.34. The molecule has 0 amide bonds. The van der Waals surface area contributed by atoms with Gasteiger partial charge in [0.05, 0.1) is 22.1 Å². The maximum Gasteiger partial charge on any atom is 0.194 e. The number of allylic oxidation sites excluding steroid dienone is 4. The number of ether oxygens (including phenoxy) is 2. The van der Waals surface area contributed by atoms with Gasteiger partial charge in [-0.15, -0.1) is 0 Å². The van der Waals surface area contributed by atoms with Gasteiger partial charge in [-0.25, -0.2) is 0 Å². The van der Waals surface area contributed by atoms with Crippen LogP contribution in [0.2, 0.25) is 0 Å². The Labute approximate surface area is 377 Å². The maximum atomic E-state index is 7.30. The molecule has 1 aromatic heterocycles. The van der Waals surface area contributed by atoms with Gasteiger partial charge in [-0.1, -0.05) is 152 Å². The minimum Gasteiger partial charge on any atom is -0.449 e. The van der Waals surface area contributed by atoms with Crippen LogP contribution in [0.1, 0.15) is 40.7 Å². The van der Waals surface area contributed by atoms with Gasteiger partial charge in [0.25, 0.3) is 0 Å². The Morgan fingerprint density at radius 1 is 0.431 bits per heavy atom. The number of rotatable bonds is 5. The summed E-state index contributed by atoms with van der Waals surface area (Å²) in [6, 6.07) is 74.5. The summed E-state index contributed by atoms with van der Waals surface area (Å²) in [7, 11) is 0. The van der Waals surface area contributed by atoms with Crippen molar-refractivity contribution in [3.8, 4) is 50.9 Å². The minimum absolute atomic E-state index is 0.493. The van der Waals surface area contributed by atoms with E-state index in [4.69, 9.17) is 9.47 Å². The number of anilines is 2. The third kappa shape index (κ3) is 5.14. The highest BCUT2D eigenvalue weighted by molar-refractivity contribution is 6.10. The molecule has 4 heteroatoms. The van der Waals surface area contributed by atoms with Crippen molar-refractivity contribution in [2.45, 2.75) is 18.3 Å². The molecule has 9 aromatic carbocycles. The normalized spacial score (nSPS) is 14.6. The molecular formula is C61H40N2O2. The molecule has 1 aliphatic heterocycles. The first-order valence-corrected chi connectivity index (χ1v) is 22.5. The van der Waals surface area contributed by atoms with Crippen LogP contribution in [-0.4, -0.2) is 4.57 Å². The lowest BCUT2D eigenvalue weighted by Gasteiger charge is -2.34. The first-order valence-electron chi connectivity index (χ1n) is 22.5. The monoisotopic (exact) mass is 832 g/mol. The van der Waals surface area contributed by atoms with Gasteiger partial charge in [-0.3, -0.25) is 0 Å². The lowest BCUT2D eigenvalue weighted by molar-refractivity contribution is 0.360. The summed E-state index contributed by atoms with van der Waals surface area (Å²) < 4.78 is 16.7. The number of hydrogen-bond donors (Lipinski definition) is 0. The fourth-order valence-corrected chi connectivity index (χ4v) is 11.5. The summed E-state index contributed by atoms with van der Waals surface area (Å²) >= 11 is 0. The number of benzene rings is 9. The Morgan fingerprint density at radius 2 is 1.06 bits per heavy atom. The molecule has 1 spiro atoms. The van der Waals surface area contributed by atoms with Gasteiger partial charge in [-0.2, -0.15) is 0 Å². The highest BCUT2D eigenvalue weighted by atomic mass is 16.6. The molecule has 4 nitrogen and oxygen atoms in total. The molecule has 10 aromatic rings. The second kappa shape index (κ2) is 13.8. The van der Waals surface area contributed by atoms with E-state index in [1.807, 2.05) is 6.07 Å². The van der Waals surface area contributed by atoms with Crippen molar-refractivity contribution >= 4 is 38.8 Å². The second-order valence-corrected chi connectivity index (χ2v) is 17.5. The summed E-state index contributed by atoms with van der Waals surface area (Å²) in [4.78, 5) is 2.40. The van der Waals surface area contributed by atoms with Crippen molar-refractivity contribution in [2.75, 3.05) is 4.90 Å². The van der Waals surface area contributed by atoms with Crippen LogP contribution in [0.5, 0.6) is 23.0 Å². The Bertz CT molecular complexity index is 3630. The predicted octanol–water partition coefficient (Wildman–Crippen LogP) is 15.9. The standard InChI is InChI=1S/C61H40N2O2/c1-3-16-39(17-4-1)40-30-32-42(33-31-40)62(43-34-35-55-49(36-43)47-23-10-14-27-54(47)63(55)41-18-5-2-6-19-41)56-28-15-29-57-60(56)65-59-38-53-48(37-58(59)64-57)46-22-9-13-26-52(46)61(53)50-24-11-7-20-44(50)45-21-8-12-25-51(45)61/h1-30,32,34-38H,31,33H2. The van der Waals surface area contributed by atoms with Gasteiger partial charge in [0.15, 0.2) is 23.0 Å². The van der Waals surface area contributed by atoms with Gasteiger partial charge in [-0.05, 0) is 135 Å². The molecule has 0 bridgehead atoms. The summed E-state index contributed by atoms with van der Waals surface area (Å²) in [6.07, 6.45) is 6.34. The van der Waals surface area contributed by atoms with Crippen molar-refractivity contribution in [3.05, 3.63) is 252 Å². The van der Waals surface area contributed by atoms with Crippen LogP contribution in [-0.2, 0) is 5.41 Å². The number of nitrogens with zero attached hydrogens (tertiary/aromatic N) is 2. The van der Waals surface area contributed by atoms with E-state index in [0.29, 0.717) is 23.0 Å². The summed E-state index contributed by atoms with van der Waals surface area (Å²) in [6.45, 7) is 0. The lowest BCUT2D eigenvalue weighted by Crippen LogP contribution is -2.26. The number of hydrogen-bond acceptors (Lipinski definition) is 3. The molecule has 0 unspecified atom stereocenters. The van der Waals surface area contributed by atoms with Crippen LogP contribution in [0.4, 0.5) is 11.4 Å². The summed E-state index contributed by atoms with van der Waals surface area (Å²) in [5, 5.41) is 2.40. The molecule has 3 aliphatic carbocycles. The molecule has 2 heterocycles. The topological polar surface area (TPSA) is 26.6 Å². The zero-order valence-electron chi connectivity index (χ0n) is 35.4. The van der Waals surface area contributed by atoms with Crippen LogP contribution in [0.3, 0.4) is 0 Å². The number of para-hydroxylation sites is 3. The van der Waals surface area contributed by atoms with Crippen LogP contribution in [0.25, 0.3) is 55.3 Å². The highest BCUT2D eigenvalue weighted by Gasteiger charge is 2.52. The Balaban J connectivity index is 0.954. The smallest absolute Gasteiger partial charge is 0.194 e. The van der Waals surface area contributed by atoms with Gasteiger partial charge in [0.1, 0.15) is 0 Å². The van der Waals surface area contributed by atoms with E-state index in [0.717, 1.165) is 35.4 Å². The first-order chi connectivity index (χ1) is 32.2. The SMILES string of the molecule is C1=C(c2ccccc2)CCC(N(c2ccc3c(c2)c2ccccc2n3-c2ccccc2)c2cccc3c2Oc2cc4c(cc2O3)-c2ccccc2C42c3ccccc3-c3ccccc32)=C1. The number of fused-ring (bicyclic) bond motifs is 15. The molecule has 0 atom stereocenters. The van der Waals surface area contributed by atoms with Crippen molar-refractivity contribution < 1.29 is 9.47 Å². The molecule has 0 fully saturated rings. The molecular weight excluding hydrogens is 793 g/mol. The predicted molar refractivity (Wildman–Crippen MR) is 264 cm³/mol. The third-order valence-electron chi connectivity index (χ3n) is 14.2. The van der Waals surface area contributed by atoms with E-state index in [1.165, 1.54) is 77.6 Å². The van der Waals surface area contributed by atoms with Crippen molar-refractivity contribution in [1.82, 2.24) is 4.57 Å². The molecule has 0 radical (unpaired) electrons. The van der Waals surface area contributed by atoms with Gasteiger partial charge < -0.3 is 18.9 Å². The second-order valence-electron chi connectivity index (χ2n) is 17.5. The van der Waals surface area contributed by atoms with Crippen LogP contribution in [0, 0.1) is 0 Å². The average molecular weight is 833 g/mol. The third-order valence-corrected chi connectivity index (χ3v) is 14.2. The molecule has 0 saturated carbocycles. The zero-order valence-corrected chi connectivity index (χ0v) is 35.4. The Kier molecular flexibility index (Phi) is 7.70. The first kappa shape index (κ1) is 36.2. The van der Waals surface area contributed by atoms with Crippen molar-refractivity contribution in [3.63, 3.8) is 0 Å². The zero-order chi connectivity index (χ0) is 42.6. The van der Waals surface area contributed by atoms with E-state index in [2.05, 4.69) is 222 Å². The summed E-state index contributed by atoms with van der Waals surface area (Å²) in [5.74, 6) is 2.82. The molecule has 4 aliphatic rings. The fraction of sp³-hybridized carbons (Fsp3) is 0.0492. The van der Waals surface area contributed by atoms with Gasteiger partial charge in [0.2, 0.25) is 0 Å². The fourth-order valence-electron chi connectivity index (χ4n) is 11.5. The quantitative estimate of drug-likeness (QED) is 0.173. The minimum atomic E-state index is -0.493. The Morgan fingerprint density at radius 3 is 1.78 bits per heavy atom. The molecule has 0 N–H and O–H groups in total. The largest absolute Gasteiger partial charge is 0.449 e. The highest BCUT2D eigenvalue weighted by Crippen LogP contribution is 2.65.